The first-order valence-corrected chi connectivity index (χ1v) is 9.59. The van der Waals surface area contributed by atoms with Crippen molar-refractivity contribution in [2.75, 3.05) is 6.54 Å². The molecule has 1 aromatic rings. The van der Waals surface area contributed by atoms with Crippen LogP contribution in [0.1, 0.15) is 64.6 Å². The minimum atomic E-state index is -0.421. The second-order valence-corrected chi connectivity index (χ2v) is 7.91. The third kappa shape index (κ3) is 3.72. The summed E-state index contributed by atoms with van der Waals surface area (Å²) in [6.45, 7) is 5.55. The third-order valence-corrected chi connectivity index (χ3v) is 5.84. The maximum absolute atomic E-state index is 13.1. The number of hydrogen-bond donors (Lipinski definition) is 2. The standard InChI is InChI=1S/C19H30N4O2/c1-14(2)7-12-23-15-5-3-4-8-19(15,9-6-17(23)24)18(25)22-13-16-20-10-11-21-16/h10-11,14-15H,3-9,12-13H2,1-2H3,(H,20,21)(H,22,25)/t15-,19-/m0/s1. The lowest BCUT2D eigenvalue weighted by Crippen LogP contribution is -2.61. The van der Waals surface area contributed by atoms with Crippen molar-refractivity contribution in [1.29, 1.82) is 0 Å². The Morgan fingerprint density at radius 1 is 1.44 bits per heavy atom. The molecule has 1 aromatic heterocycles. The van der Waals surface area contributed by atoms with Crippen LogP contribution in [0.4, 0.5) is 0 Å². The number of carbonyl (C=O) groups excluding carboxylic acids is 2. The van der Waals surface area contributed by atoms with E-state index in [1.54, 1.807) is 12.4 Å². The van der Waals surface area contributed by atoms with Crippen LogP contribution < -0.4 is 5.32 Å². The highest BCUT2D eigenvalue weighted by molar-refractivity contribution is 5.87. The molecule has 3 rings (SSSR count). The number of nitrogens with one attached hydrogen (secondary N) is 2. The number of aromatic nitrogens is 2. The van der Waals surface area contributed by atoms with Gasteiger partial charge in [0.15, 0.2) is 0 Å². The maximum atomic E-state index is 13.1. The largest absolute Gasteiger partial charge is 0.348 e. The summed E-state index contributed by atoms with van der Waals surface area (Å²) in [6.07, 6.45) is 9.60. The molecule has 0 radical (unpaired) electrons. The van der Waals surface area contributed by atoms with Crippen LogP contribution in [0, 0.1) is 11.3 Å². The summed E-state index contributed by atoms with van der Waals surface area (Å²) in [4.78, 5) is 34.9. The predicted octanol–water partition coefficient (Wildman–Crippen LogP) is 2.62. The van der Waals surface area contributed by atoms with Gasteiger partial charge < -0.3 is 15.2 Å². The number of hydrogen-bond acceptors (Lipinski definition) is 3. The van der Waals surface area contributed by atoms with Crippen molar-refractivity contribution in [2.45, 2.75) is 71.4 Å². The van der Waals surface area contributed by atoms with Gasteiger partial charge in [0, 0.05) is 31.4 Å². The zero-order valence-electron chi connectivity index (χ0n) is 15.4. The Bertz CT molecular complexity index is 599. The van der Waals surface area contributed by atoms with E-state index in [0.717, 1.165) is 44.5 Å². The maximum Gasteiger partial charge on any atom is 0.228 e. The van der Waals surface area contributed by atoms with Gasteiger partial charge in [0.2, 0.25) is 11.8 Å². The summed E-state index contributed by atoms with van der Waals surface area (Å²) in [7, 11) is 0. The van der Waals surface area contributed by atoms with Gasteiger partial charge in [-0.25, -0.2) is 4.98 Å². The van der Waals surface area contributed by atoms with E-state index in [2.05, 4.69) is 29.1 Å². The molecule has 0 unspecified atom stereocenters. The fourth-order valence-electron chi connectivity index (χ4n) is 4.41. The van der Waals surface area contributed by atoms with Gasteiger partial charge in [-0.05, 0) is 31.6 Å². The Balaban J connectivity index is 1.75. The Hall–Kier alpha value is -1.85. The summed E-state index contributed by atoms with van der Waals surface area (Å²) < 4.78 is 0. The monoisotopic (exact) mass is 346 g/mol. The number of imidazole rings is 1. The molecule has 0 aromatic carbocycles. The quantitative estimate of drug-likeness (QED) is 0.831. The lowest BCUT2D eigenvalue weighted by atomic mass is 9.64. The van der Waals surface area contributed by atoms with Gasteiger partial charge in [0.1, 0.15) is 5.82 Å². The van der Waals surface area contributed by atoms with Gasteiger partial charge in [-0.1, -0.05) is 26.7 Å². The van der Waals surface area contributed by atoms with Crippen molar-refractivity contribution < 1.29 is 9.59 Å². The van der Waals surface area contributed by atoms with Crippen LogP contribution in [0.5, 0.6) is 0 Å². The Morgan fingerprint density at radius 2 is 2.28 bits per heavy atom. The molecule has 1 aliphatic carbocycles. The van der Waals surface area contributed by atoms with E-state index >= 15 is 0 Å². The molecule has 0 bridgehead atoms. The van der Waals surface area contributed by atoms with Gasteiger partial charge in [-0.15, -0.1) is 0 Å². The molecule has 2 heterocycles. The topological polar surface area (TPSA) is 78.1 Å². The van der Waals surface area contributed by atoms with Crippen LogP contribution in [0.15, 0.2) is 12.4 Å². The van der Waals surface area contributed by atoms with Crippen LogP contribution in [-0.2, 0) is 16.1 Å². The van der Waals surface area contributed by atoms with E-state index in [1.807, 2.05) is 4.90 Å². The minimum absolute atomic E-state index is 0.0536. The average Bonchev–Trinajstić information content (AvgIpc) is 3.12. The van der Waals surface area contributed by atoms with Crippen molar-refractivity contribution in [1.82, 2.24) is 20.2 Å². The molecule has 1 saturated heterocycles. The second kappa shape index (κ2) is 7.58. The number of amides is 2. The van der Waals surface area contributed by atoms with Gasteiger partial charge >= 0.3 is 0 Å². The number of carbonyl (C=O) groups is 2. The van der Waals surface area contributed by atoms with E-state index < -0.39 is 5.41 Å². The smallest absolute Gasteiger partial charge is 0.228 e. The molecule has 25 heavy (non-hydrogen) atoms. The highest BCUT2D eigenvalue weighted by Crippen LogP contribution is 2.46. The normalized spacial score (nSPS) is 26.6. The van der Waals surface area contributed by atoms with Crippen molar-refractivity contribution in [3.63, 3.8) is 0 Å². The van der Waals surface area contributed by atoms with Gasteiger partial charge in [-0.2, -0.15) is 0 Å². The van der Waals surface area contributed by atoms with Crippen LogP contribution >= 0.6 is 0 Å². The fourth-order valence-corrected chi connectivity index (χ4v) is 4.41. The van der Waals surface area contributed by atoms with Crippen LogP contribution in [0.3, 0.4) is 0 Å². The first-order valence-electron chi connectivity index (χ1n) is 9.59. The van der Waals surface area contributed by atoms with Gasteiger partial charge in [0.25, 0.3) is 0 Å². The summed E-state index contributed by atoms with van der Waals surface area (Å²) in [6, 6.07) is 0.0536. The molecule has 1 saturated carbocycles. The van der Waals surface area contributed by atoms with E-state index in [0.29, 0.717) is 25.3 Å². The number of H-pyrrole nitrogens is 1. The lowest BCUT2D eigenvalue weighted by Gasteiger charge is -2.51. The summed E-state index contributed by atoms with van der Waals surface area (Å²) in [5, 5.41) is 3.07. The number of piperidine rings is 1. The van der Waals surface area contributed by atoms with E-state index in [1.165, 1.54) is 0 Å². The molecular weight excluding hydrogens is 316 g/mol. The fraction of sp³-hybridized carbons (Fsp3) is 0.737. The first-order chi connectivity index (χ1) is 12.0. The lowest BCUT2D eigenvalue weighted by molar-refractivity contribution is -0.155. The molecule has 2 aliphatic rings. The average molecular weight is 346 g/mol. The van der Waals surface area contributed by atoms with Crippen molar-refractivity contribution in [3.8, 4) is 0 Å². The molecule has 138 valence electrons. The van der Waals surface area contributed by atoms with E-state index in [-0.39, 0.29) is 17.9 Å². The van der Waals surface area contributed by atoms with Crippen LogP contribution in [0.2, 0.25) is 0 Å². The van der Waals surface area contributed by atoms with E-state index in [4.69, 9.17) is 0 Å². The SMILES string of the molecule is CC(C)CCN1C(=O)CC[C@@]2(C(=O)NCc3ncc[nH]3)CCCC[C@H]12. The minimum Gasteiger partial charge on any atom is -0.348 e. The number of nitrogens with zero attached hydrogens (tertiary/aromatic N) is 2. The summed E-state index contributed by atoms with van der Waals surface area (Å²) in [5.41, 5.74) is -0.421. The number of rotatable bonds is 6. The molecule has 2 N–H and O–H groups in total. The molecule has 0 spiro atoms. The summed E-state index contributed by atoms with van der Waals surface area (Å²) >= 11 is 0. The van der Waals surface area contributed by atoms with Crippen LogP contribution in [0.25, 0.3) is 0 Å². The first kappa shape index (κ1) is 18.0. The number of likely N-dealkylation sites (tertiary alicyclic amines) is 1. The molecule has 2 amide bonds. The highest BCUT2D eigenvalue weighted by atomic mass is 16.2. The zero-order chi connectivity index (χ0) is 17.9. The molecule has 6 nitrogen and oxygen atoms in total. The molecule has 2 fully saturated rings. The molecule has 6 heteroatoms. The Kier molecular flexibility index (Phi) is 5.45. The third-order valence-electron chi connectivity index (χ3n) is 5.84. The van der Waals surface area contributed by atoms with Crippen molar-refractivity contribution >= 4 is 11.8 Å². The number of fused-ring (bicyclic) bond motifs is 1. The molecule has 2 atom stereocenters. The second-order valence-electron chi connectivity index (χ2n) is 7.91. The Labute approximate surface area is 149 Å². The van der Waals surface area contributed by atoms with Crippen molar-refractivity contribution in [2.24, 2.45) is 11.3 Å². The highest BCUT2D eigenvalue weighted by Gasteiger charge is 2.52. The summed E-state index contributed by atoms with van der Waals surface area (Å²) in [5.74, 6) is 1.64. The zero-order valence-corrected chi connectivity index (χ0v) is 15.4. The van der Waals surface area contributed by atoms with Gasteiger partial charge in [0.05, 0.1) is 12.0 Å². The van der Waals surface area contributed by atoms with Crippen molar-refractivity contribution in [3.05, 3.63) is 18.2 Å². The van der Waals surface area contributed by atoms with Crippen LogP contribution in [-0.4, -0.2) is 39.3 Å². The Morgan fingerprint density at radius 3 is 3.00 bits per heavy atom. The van der Waals surface area contributed by atoms with Gasteiger partial charge in [-0.3, -0.25) is 9.59 Å². The number of aromatic amines is 1. The predicted molar refractivity (Wildman–Crippen MR) is 95.5 cm³/mol. The molecule has 1 aliphatic heterocycles. The van der Waals surface area contributed by atoms with E-state index in [9.17, 15) is 9.59 Å². The molecular formula is C19H30N4O2.